The number of hydrogen-bond donors (Lipinski definition) is 3. The van der Waals surface area contributed by atoms with Crippen molar-refractivity contribution in [3.8, 4) is 5.75 Å². The molecule has 0 amide bonds. The van der Waals surface area contributed by atoms with Gasteiger partial charge in [-0.25, -0.2) is 13.2 Å². The van der Waals surface area contributed by atoms with Crippen LogP contribution in [0.4, 0.5) is 13.2 Å². The molecule has 0 aliphatic carbocycles. The maximum Gasteiger partial charge on any atom is 0.194 e. The number of benzene rings is 2. The second kappa shape index (κ2) is 12.7. The second-order valence-electron chi connectivity index (χ2n) is 9.84. The molecule has 1 fully saturated rings. The van der Waals surface area contributed by atoms with Gasteiger partial charge in [-0.05, 0) is 80.1 Å². The van der Waals surface area contributed by atoms with Gasteiger partial charge in [0, 0.05) is 40.9 Å². The predicted molar refractivity (Wildman–Crippen MR) is 141 cm³/mol. The Morgan fingerprint density at radius 2 is 1.82 bits per heavy atom. The van der Waals surface area contributed by atoms with Crippen LogP contribution in [0.2, 0.25) is 0 Å². The summed E-state index contributed by atoms with van der Waals surface area (Å²) in [5.41, 5.74) is 1.57. The highest BCUT2D eigenvalue weighted by molar-refractivity contribution is 7.99. The summed E-state index contributed by atoms with van der Waals surface area (Å²) >= 11 is 1.27. The molecule has 0 radical (unpaired) electrons. The molecule has 0 saturated carbocycles. The predicted octanol–water partition coefficient (Wildman–Crippen LogP) is 4.83. The van der Waals surface area contributed by atoms with Crippen LogP contribution >= 0.6 is 11.8 Å². The molecule has 2 aromatic carbocycles. The second-order valence-corrected chi connectivity index (χ2v) is 11.0. The van der Waals surface area contributed by atoms with Crippen molar-refractivity contribution in [3.05, 3.63) is 65.1 Å². The average Bonchev–Trinajstić information content (AvgIpc) is 2.94. The molecule has 1 saturated heterocycles. The molecule has 1 atom stereocenters. The molecule has 6 nitrogen and oxygen atoms in total. The molecule has 1 aliphatic rings. The normalized spacial score (nSPS) is 16.6. The van der Waals surface area contributed by atoms with Crippen LogP contribution in [0.15, 0.2) is 41.4 Å². The van der Waals surface area contributed by atoms with E-state index in [2.05, 4.69) is 9.88 Å². The van der Waals surface area contributed by atoms with E-state index in [0.29, 0.717) is 52.4 Å². The maximum absolute atomic E-state index is 13.4. The Morgan fingerprint density at radius 1 is 1.11 bits per heavy atom. The number of pyridine rings is 1. The number of methoxy groups -OCH3 is 1. The minimum atomic E-state index is -1.46. The summed E-state index contributed by atoms with van der Waals surface area (Å²) in [6.45, 7) is 1.96. The standard InChI is InChI=1S/C28H33F3N2O4S/c1-37-19-2-3-24-21(12-19)26(18(16-34)15-32-24)25(36)4-5-28(17-35)6-8-33(9-7-28)10-11-38-20-13-22(29)27(31)23(30)14-20/h2-3,12-15,25,34-36H,4-11,16-17H2,1H3. The molecule has 4 rings (SSSR count). The third kappa shape index (κ3) is 6.43. The van der Waals surface area contributed by atoms with Gasteiger partial charge in [-0.3, -0.25) is 4.98 Å². The smallest absolute Gasteiger partial charge is 0.194 e. The lowest BCUT2D eigenvalue weighted by molar-refractivity contribution is 0.0252. The van der Waals surface area contributed by atoms with Crippen molar-refractivity contribution in [1.29, 1.82) is 0 Å². The third-order valence-electron chi connectivity index (χ3n) is 7.54. The zero-order valence-electron chi connectivity index (χ0n) is 21.3. The van der Waals surface area contributed by atoms with Gasteiger partial charge in [0.15, 0.2) is 17.5 Å². The summed E-state index contributed by atoms with van der Waals surface area (Å²) in [5, 5.41) is 32.1. The highest BCUT2D eigenvalue weighted by atomic mass is 32.2. The Hall–Kier alpha value is -2.37. The van der Waals surface area contributed by atoms with E-state index in [1.807, 2.05) is 12.1 Å². The van der Waals surface area contributed by atoms with Crippen molar-refractivity contribution < 1.29 is 33.2 Å². The fraction of sp³-hybridized carbons (Fsp3) is 0.464. The van der Waals surface area contributed by atoms with Gasteiger partial charge in [0.05, 0.1) is 25.3 Å². The van der Waals surface area contributed by atoms with E-state index in [-0.39, 0.29) is 18.6 Å². The van der Waals surface area contributed by atoms with Crippen LogP contribution in [0, 0.1) is 22.9 Å². The fourth-order valence-electron chi connectivity index (χ4n) is 5.11. The summed E-state index contributed by atoms with van der Waals surface area (Å²) in [6, 6.07) is 7.44. The lowest BCUT2D eigenvalue weighted by atomic mass is 9.74. The van der Waals surface area contributed by atoms with Crippen LogP contribution in [0.25, 0.3) is 10.9 Å². The van der Waals surface area contributed by atoms with Crippen molar-refractivity contribution in [1.82, 2.24) is 9.88 Å². The molecular weight excluding hydrogens is 517 g/mol. The summed E-state index contributed by atoms with van der Waals surface area (Å²) in [7, 11) is 1.57. The Morgan fingerprint density at radius 3 is 2.45 bits per heavy atom. The van der Waals surface area contributed by atoms with Crippen molar-refractivity contribution in [2.24, 2.45) is 5.41 Å². The van der Waals surface area contributed by atoms with E-state index in [0.717, 1.165) is 43.5 Å². The molecular formula is C28H33F3N2O4S. The van der Waals surface area contributed by atoms with Gasteiger partial charge in [0.25, 0.3) is 0 Å². The molecule has 3 N–H and O–H groups in total. The Bertz CT molecular complexity index is 1230. The maximum atomic E-state index is 13.4. The van der Waals surface area contributed by atoms with Crippen molar-refractivity contribution in [3.63, 3.8) is 0 Å². The van der Waals surface area contributed by atoms with E-state index >= 15 is 0 Å². The van der Waals surface area contributed by atoms with Crippen molar-refractivity contribution >= 4 is 22.7 Å². The number of fused-ring (bicyclic) bond motifs is 1. The van der Waals surface area contributed by atoms with Gasteiger partial charge < -0.3 is 25.0 Å². The fourth-order valence-corrected chi connectivity index (χ4v) is 6.07. The zero-order valence-corrected chi connectivity index (χ0v) is 22.1. The minimum Gasteiger partial charge on any atom is -0.497 e. The van der Waals surface area contributed by atoms with Gasteiger partial charge in [0.2, 0.25) is 0 Å². The van der Waals surface area contributed by atoms with Crippen molar-refractivity contribution in [2.75, 3.05) is 39.1 Å². The number of ether oxygens (including phenoxy) is 1. The van der Waals surface area contributed by atoms with E-state index in [1.54, 1.807) is 19.4 Å². The molecule has 2 heterocycles. The lowest BCUT2D eigenvalue weighted by Gasteiger charge is -2.41. The Labute approximate surface area is 224 Å². The molecule has 10 heteroatoms. The SMILES string of the molecule is COc1ccc2ncc(CO)c(C(O)CCC3(CO)CCN(CCSc4cc(F)c(F)c(F)c4)CC3)c2c1. The molecule has 1 aliphatic heterocycles. The summed E-state index contributed by atoms with van der Waals surface area (Å²) < 4.78 is 45.4. The van der Waals surface area contributed by atoms with Gasteiger partial charge in [-0.1, -0.05) is 0 Å². The number of nitrogens with zero attached hydrogens (tertiary/aromatic N) is 2. The van der Waals surface area contributed by atoms with E-state index in [4.69, 9.17) is 4.74 Å². The number of likely N-dealkylation sites (tertiary alicyclic amines) is 1. The van der Waals surface area contributed by atoms with Crippen LogP contribution < -0.4 is 4.74 Å². The molecule has 1 aromatic heterocycles. The first kappa shape index (κ1) is 28.6. The van der Waals surface area contributed by atoms with E-state index in [1.165, 1.54) is 11.8 Å². The summed E-state index contributed by atoms with van der Waals surface area (Å²) in [4.78, 5) is 6.97. The van der Waals surface area contributed by atoms with Crippen molar-refractivity contribution in [2.45, 2.75) is 43.3 Å². The van der Waals surface area contributed by atoms with Gasteiger partial charge in [0.1, 0.15) is 5.75 Å². The average molecular weight is 551 g/mol. The van der Waals surface area contributed by atoms with E-state index in [9.17, 15) is 28.5 Å². The molecule has 3 aromatic rings. The number of rotatable bonds is 11. The Kier molecular flexibility index (Phi) is 9.54. The van der Waals surface area contributed by atoms with Crippen LogP contribution in [0.1, 0.15) is 42.9 Å². The van der Waals surface area contributed by atoms with Crippen LogP contribution in [0.3, 0.4) is 0 Å². The first-order chi connectivity index (χ1) is 18.3. The number of piperidine rings is 1. The largest absolute Gasteiger partial charge is 0.497 e. The minimum absolute atomic E-state index is 0.00815. The first-order valence-electron chi connectivity index (χ1n) is 12.6. The first-order valence-corrected chi connectivity index (χ1v) is 13.6. The zero-order chi connectivity index (χ0) is 27.3. The molecule has 1 unspecified atom stereocenters. The topological polar surface area (TPSA) is 86.0 Å². The van der Waals surface area contributed by atoms with Gasteiger partial charge >= 0.3 is 0 Å². The summed E-state index contributed by atoms with van der Waals surface area (Å²) in [5.74, 6) is -2.61. The molecule has 38 heavy (non-hydrogen) atoms. The molecule has 0 spiro atoms. The lowest BCUT2D eigenvalue weighted by Crippen LogP contribution is -2.43. The highest BCUT2D eigenvalue weighted by Crippen LogP contribution is 2.40. The molecule has 206 valence electrons. The Balaban J connectivity index is 1.34. The third-order valence-corrected chi connectivity index (χ3v) is 8.49. The number of aliphatic hydroxyl groups is 3. The van der Waals surface area contributed by atoms with Crippen LogP contribution in [0.5, 0.6) is 5.75 Å². The van der Waals surface area contributed by atoms with Crippen LogP contribution in [-0.4, -0.2) is 64.3 Å². The highest BCUT2D eigenvalue weighted by Gasteiger charge is 2.34. The summed E-state index contributed by atoms with van der Waals surface area (Å²) in [6.07, 6.45) is 3.27. The quantitative estimate of drug-likeness (QED) is 0.233. The van der Waals surface area contributed by atoms with Crippen LogP contribution in [-0.2, 0) is 6.61 Å². The molecule has 0 bridgehead atoms. The van der Waals surface area contributed by atoms with E-state index < -0.39 is 23.6 Å². The van der Waals surface area contributed by atoms with Gasteiger partial charge in [-0.15, -0.1) is 11.8 Å². The number of aliphatic hydroxyl groups excluding tert-OH is 3. The number of hydrogen-bond acceptors (Lipinski definition) is 7. The number of thioether (sulfide) groups is 1. The number of halogens is 3. The van der Waals surface area contributed by atoms with Gasteiger partial charge in [-0.2, -0.15) is 0 Å². The monoisotopic (exact) mass is 550 g/mol. The number of aromatic nitrogens is 1.